The molecule has 1 saturated heterocycles. The van der Waals surface area contributed by atoms with Crippen LogP contribution in [0.25, 0.3) is 0 Å². The molecule has 0 radical (unpaired) electrons. The van der Waals surface area contributed by atoms with Crippen molar-refractivity contribution in [1.29, 1.82) is 0 Å². The van der Waals surface area contributed by atoms with Crippen LogP contribution in [0.3, 0.4) is 0 Å². The van der Waals surface area contributed by atoms with Crippen molar-refractivity contribution in [2.24, 2.45) is 5.41 Å². The molecule has 1 atom stereocenters. The van der Waals surface area contributed by atoms with E-state index in [2.05, 4.69) is 10.6 Å². The summed E-state index contributed by atoms with van der Waals surface area (Å²) in [7, 11) is 0. The lowest BCUT2D eigenvalue weighted by Crippen LogP contribution is -2.51. The number of hydrogen-bond donors (Lipinski definition) is 2. The Bertz CT molecular complexity index is 462. The van der Waals surface area contributed by atoms with Crippen LogP contribution in [0, 0.1) is 12.3 Å². The second-order valence-electron chi connectivity index (χ2n) is 4.70. The zero-order chi connectivity index (χ0) is 14.1. The van der Waals surface area contributed by atoms with Gasteiger partial charge in [-0.05, 0) is 32.0 Å². The second kappa shape index (κ2) is 4.88. The van der Waals surface area contributed by atoms with Gasteiger partial charge in [0.15, 0.2) is 5.41 Å². The summed E-state index contributed by atoms with van der Waals surface area (Å²) in [6.07, 6.45) is -4.79. The van der Waals surface area contributed by atoms with Crippen molar-refractivity contribution < 1.29 is 22.4 Å². The minimum Gasteiger partial charge on any atom is -0.465 e. The highest BCUT2D eigenvalue weighted by atomic mass is 19.4. The van der Waals surface area contributed by atoms with Crippen LogP contribution >= 0.6 is 0 Å². The van der Waals surface area contributed by atoms with Gasteiger partial charge in [-0.2, -0.15) is 13.2 Å². The predicted octanol–water partition coefficient (Wildman–Crippen LogP) is 1.75. The molecule has 4 nitrogen and oxygen atoms in total. The van der Waals surface area contributed by atoms with Crippen molar-refractivity contribution in [2.75, 3.05) is 13.1 Å². The van der Waals surface area contributed by atoms with Gasteiger partial charge in [-0.15, -0.1) is 0 Å². The van der Waals surface area contributed by atoms with E-state index in [0.717, 1.165) is 0 Å². The van der Waals surface area contributed by atoms with Crippen LogP contribution in [0.4, 0.5) is 13.2 Å². The number of alkyl halides is 3. The molecule has 7 heteroatoms. The van der Waals surface area contributed by atoms with E-state index >= 15 is 0 Å². The first-order valence-electron chi connectivity index (χ1n) is 5.96. The molecule has 2 N–H and O–H groups in total. The SMILES string of the molecule is Cc1ccc(CNC(=O)C2(C(F)(F)F)CCNC2)o1. The van der Waals surface area contributed by atoms with E-state index < -0.39 is 17.5 Å². The van der Waals surface area contributed by atoms with Gasteiger partial charge in [0, 0.05) is 6.54 Å². The lowest BCUT2D eigenvalue weighted by atomic mass is 9.85. The molecular weight excluding hydrogens is 261 g/mol. The molecule has 2 rings (SSSR count). The van der Waals surface area contributed by atoms with E-state index in [1.807, 2.05) is 0 Å². The zero-order valence-electron chi connectivity index (χ0n) is 10.4. The standard InChI is InChI=1S/C12H15F3N2O2/c1-8-2-3-9(19-8)6-17-10(18)11(12(13,14)15)4-5-16-7-11/h2-3,16H,4-7H2,1H3,(H,17,18). The Labute approximate surface area is 108 Å². The van der Waals surface area contributed by atoms with Gasteiger partial charge >= 0.3 is 6.18 Å². The fourth-order valence-corrected chi connectivity index (χ4v) is 2.17. The van der Waals surface area contributed by atoms with Crippen LogP contribution in [0.15, 0.2) is 16.5 Å². The summed E-state index contributed by atoms with van der Waals surface area (Å²) < 4.78 is 44.4. The number of halogens is 3. The highest BCUT2D eigenvalue weighted by Crippen LogP contribution is 2.43. The summed E-state index contributed by atoms with van der Waals surface area (Å²) in [6.45, 7) is 1.50. The van der Waals surface area contributed by atoms with Gasteiger partial charge in [0.25, 0.3) is 0 Å². The molecule has 0 aromatic carbocycles. The number of nitrogens with one attached hydrogen (secondary N) is 2. The molecule has 0 aliphatic carbocycles. The molecule has 0 spiro atoms. The first-order valence-corrected chi connectivity index (χ1v) is 5.96. The van der Waals surface area contributed by atoms with Crippen molar-refractivity contribution >= 4 is 5.91 Å². The Morgan fingerprint density at radius 2 is 2.26 bits per heavy atom. The van der Waals surface area contributed by atoms with Crippen molar-refractivity contribution in [2.45, 2.75) is 26.1 Å². The van der Waals surface area contributed by atoms with Crippen LogP contribution < -0.4 is 10.6 Å². The van der Waals surface area contributed by atoms with E-state index in [0.29, 0.717) is 11.5 Å². The van der Waals surface area contributed by atoms with Gasteiger partial charge in [0.1, 0.15) is 11.5 Å². The first-order chi connectivity index (χ1) is 8.85. The van der Waals surface area contributed by atoms with Crippen molar-refractivity contribution in [3.05, 3.63) is 23.7 Å². The van der Waals surface area contributed by atoms with E-state index in [9.17, 15) is 18.0 Å². The monoisotopic (exact) mass is 276 g/mol. The number of rotatable bonds is 3. The Kier molecular flexibility index (Phi) is 3.58. The van der Waals surface area contributed by atoms with Gasteiger partial charge in [0.05, 0.1) is 6.54 Å². The Balaban J connectivity index is 2.05. The molecule has 1 aliphatic heterocycles. The van der Waals surface area contributed by atoms with E-state index in [4.69, 9.17) is 4.42 Å². The molecule has 1 aromatic heterocycles. The third kappa shape index (κ3) is 2.60. The largest absolute Gasteiger partial charge is 0.465 e. The maximum absolute atomic E-state index is 13.1. The Morgan fingerprint density at radius 3 is 2.74 bits per heavy atom. The Morgan fingerprint density at radius 1 is 1.53 bits per heavy atom. The second-order valence-corrected chi connectivity index (χ2v) is 4.70. The van der Waals surface area contributed by atoms with Gasteiger partial charge in [-0.1, -0.05) is 0 Å². The van der Waals surface area contributed by atoms with Gasteiger partial charge < -0.3 is 15.1 Å². The van der Waals surface area contributed by atoms with Gasteiger partial charge in [0.2, 0.25) is 5.91 Å². The maximum Gasteiger partial charge on any atom is 0.404 e. The summed E-state index contributed by atoms with van der Waals surface area (Å²) in [5.41, 5.74) is -2.32. The van der Waals surface area contributed by atoms with Crippen molar-refractivity contribution in [1.82, 2.24) is 10.6 Å². The smallest absolute Gasteiger partial charge is 0.404 e. The average molecular weight is 276 g/mol. The van der Waals surface area contributed by atoms with Crippen LogP contribution in [-0.4, -0.2) is 25.2 Å². The predicted molar refractivity (Wildman–Crippen MR) is 61.3 cm³/mol. The minimum atomic E-state index is -4.56. The summed E-state index contributed by atoms with van der Waals surface area (Å²) in [4.78, 5) is 11.9. The average Bonchev–Trinajstić information content (AvgIpc) is 2.94. The van der Waals surface area contributed by atoms with E-state index in [1.165, 1.54) is 0 Å². The van der Waals surface area contributed by atoms with E-state index in [-0.39, 0.29) is 26.1 Å². The van der Waals surface area contributed by atoms with Crippen molar-refractivity contribution in [3.63, 3.8) is 0 Å². The number of furan rings is 1. The fraction of sp³-hybridized carbons (Fsp3) is 0.583. The highest BCUT2D eigenvalue weighted by molar-refractivity contribution is 5.84. The highest BCUT2D eigenvalue weighted by Gasteiger charge is 2.61. The molecular formula is C12H15F3N2O2. The lowest BCUT2D eigenvalue weighted by molar-refractivity contribution is -0.216. The van der Waals surface area contributed by atoms with Gasteiger partial charge in [-0.3, -0.25) is 4.79 Å². The molecule has 0 saturated carbocycles. The third-order valence-corrected chi connectivity index (χ3v) is 3.35. The van der Waals surface area contributed by atoms with Gasteiger partial charge in [-0.25, -0.2) is 0 Å². The summed E-state index contributed by atoms with van der Waals surface area (Å²) >= 11 is 0. The quantitative estimate of drug-likeness (QED) is 0.884. The number of carbonyl (C=O) groups excluding carboxylic acids is 1. The number of hydrogen-bond acceptors (Lipinski definition) is 3. The van der Waals surface area contributed by atoms with Crippen LogP contribution in [0.2, 0.25) is 0 Å². The molecule has 2 heterocycles. The number of carbonyl (C=O) groups is 1. The number of aryl methyl sites for hydroxylation is 1. The maximum atomic E-state index is 13.1. The molecule has 1 fully saturated rings. The lowest BCUT2D eigenvalue weighted by Gasteiger charge is -2.29. The first kappa shape index (κ1) is 13.9. The third-order valence-electron chi connectivity index (χ3n) is 3.35. The molecule has 1 amide bonds. The fourth-order valence-electron chi connectivity index (χ4n) is 2.17. The molecule has 1 aromatic rings. The summed E-state index contributed by atoms with van der Waals surface area (Å²) in [5.74, 6) is 0.0884. The molecule has 106 valence electrons. The Hall–Kier alpha value is -1.50. The molecule has 0 bridgehead atoms. The molecule has 19 heavy (non-hydrogen) atoms. The number of amides is 1. The van der Waals surface area contributed by atoms with Crippen molar-refractivity contribution in [3.8, 4) is 0 Å². The molecule has 1 unspecified atom stereocenters. The topological polar surface area (TPSA) is 54.3 Å². The summed E-state index contributed by atoms with van der Waals surface area (Å²) in [5, 5.41) is 4.91. The van der Waals surface area contributed by atoms with Crippen LogP contribution in [0.5, 0.6) is 0 Å². The van der Waals surface area contributed by atoms with E-state index in [1.54, 1.807) is 19.1 Å². The molecule has 1 aliphatic rings. The normalized spacial score (nSPS) is 23.6. The van der Waals surface area contributed by atoms with Crippen LogP contribution in [0.1, 0.15) is 17.9 Å². The minimum absolute atomic E-state index is 0.0372. The van der Waals surface area contributed by atoms with Crippen LogP contribution in [-0.2, 0) is 11.3 Å². The zero-order valence-corrected chi connectivity index (χ0v) is 10.4. The summed E-state index contributed by atoms with van der Waals surface area (Å²) in [6, 6.07) is 3.32.